The molecule has 0 atom stereocenters. The van der Waals surface area contributed by atoms with E-state index in [4.69, 9.17) is 4.42 Å². The lowest BCUT2D eigenvalue weighted by molar-refractivity contribution is 0.558. The summed E-state index contributed by atoms with van der Waals surface area (Å²) in [6.45, 7) is 2.82. The van der Waals surface area contributed by atoms with Crippen LogP contribution in [0.3, 0.4) is 0 Å². The summed E-state index contributed by atoms with van der Waals surface area (Å²) in [4.78, 5) is 0. The molecule has 20 heavy (non-hydrogen) atoms. The lowest BCUT2D eigenvalue weighted by atomic mass is 10.2. The molecule has 0 amide bonds. The summed E-state index contributed by atoms with van der Waals surface area (Å²) in [7, 11) is -3.16. The van der Waals surface area contributed by atoms with E-state index in [1.807, 2.05) is 19.2 Å². The quantitative estimate of drug-likeness (QED) is 0.807. The molecule has 7 heteroatoms. The van der Waals surface area contributed by atoms with Crippen molar-refractivity contribution in [3.05, 3.63) is 31.0 Å². The predicted molar refractivity (Wildman–Crippen MR) is 76.6 cm³/mol. The number of hydrogen-bond acceptors (Lipinski definition) is 4. The highest BCUT2D eigenvalue weighted by Crippen LogP contribution is 2.18. The third-order valence-corrected chi connectivity index (χ3v) is 4.39. The molecule has 0 aromatic carbocycles. The first-order chi connectivity index (χ1) is 9.61. The molecule has 0 aliphatic carbocycles. The Bertz CT molecular complexity index is 617. The molecule has 0 fully saturated rings. The molecule has 2 aromatic rings. The second kappa shape index (κ2) is 6.71. The zero-order valence-electron chi connectivity index (χ0n) is 11.4. The van der Waals surface area contributed by atoms with Gasteiger partial charge < -0.3 is 4.42 Å². The second-order valence-electron chi connectivity index (χ2n) is 4.57. The Kier molecular flexibility index (Phi) is 4.97. The summed E-state index contributed by atoms with van der Waals surface area (Å²) in [6, 6.07) is 1.86. The fourth-order valence-corrected chi connectivity index (χ4v) is 3.00. The van der Waals surface area contributed by atoms with Crippen LogP contribution in [0.15, 0.2) is 35.4 Å². The van der Waals surface area contributed by atoms with Gasteiger partial charge in [0.15, 0.2) is 0 Å². The number of hydrogen-bond donors (Lipinski definition) is 1. The topological polar surface area (TPSA) is 77.1 Å². The number of furan rings is 1. The minimum atomic E-state index is -3.16. The minimum absolute atomic E-state index is 0.183. The number of aromatic nitrogens is 2. The van der Waals surface area contributed by atoms with Gasteiger partial charge in [-0.25, -0.2) is 13.1 Å². The normalized spacial score (nSPS) is 11.8. The van der Waals surface area contributed by atoms with E-state index in [1.54, 1.807) is 23.4 Å². The van der Waals surface area contributed by atoms with Crippen molar-refractivity contribution >= 4 is 10.0 Å². The summed E-state index contributed by atoms with van der Waals surface area (Å²) >= 11 is 0. The SMILES string of the molecule is CCCCS(=O)(=O)NCCn1cc(-c2ccoc2)cn1. The fraction of sp³-hybridized carbons (Fsp3) is 0.462. The molecule has 2 heterocycles. The Labute approximate surface area is 118 Å². The van der Waals surface area contributed by atoms with Crippen LogP contribution in [0.2, 0.25) is 0 Å². The second-order valence-corrected chi connectivity index (χ2v) is 6.50. The van der Waals surface area contributed by atoms with Crippen LogP contribution in [0.5, 0.6) is 0 Å². The maximum atomic E-state index is 11.6. The Hall–Kier alpha value is -1.60. The van der Waals surface area contributed by atoms with Crippen LogP contribution in [-0.4, -0.2) is 30.5 Å². The molecule has 0 radical (unpaired) electrons. The summed E-state index contributed by atoms with van der Waals surface area (Å²) in [5, 5.41) is 4.19. The highest BCUT2D eigenvalue weighted by Gasteiger charge is 2.08. The maximum Gasteiger partial charge on any atom is 0.211 e. The molecule has 6 nitrogen and oxygen atoms in total. The molecule has 1 N–H and O–H groups in total. The molecule has 0 unspecified atom stereocenters. The smallest absolute Gasteiger partial charge is 0.211 e. The van der Waals surface area contributed by atoms with Crippen molar-refractivity contribution in [1.82, 2.24) is 14.5 Å². The molecule has 0 aliphatic rings. The maximum absolute atomic E-state index is 11.6. The van der Waals surface area contributed by atoms with Crippen LogP contribution in [0.25, 0.3) is 11.1 Å². The third kappa shape index (κ3) is 4.21. The summed E-state index contributed by atoms with van der Waals surface area (Å²) in [6.07, 6.45) is 8.40. The van der Waals surface area contributed by atoms with Crippen LogP contribution >= 0.6 is 0 Å². The Morgan fingerprint density at radius 1 is 1.40 bits per heavy atom. The summed E-state index contributed by atoms with van der Waals surface area (Å²) < 4.78 is 32.5. The fourth-order valence-electron chi connectivity index (χ4n) is 1.79. The first-order valence-electron chi connectivity index (χ1n) is 6.63. The number of nitrogens with zero attached hydrogens (tertiary/aromatic N) is 2. The third-order valence-electron chi connectivity index (χ3n) is 2.92. The highest BCUT2D eigenvalue weighted by atomic mass is 32.2. The molecule has 0 saturated heterocycles. The van der Waals surface area contributed by atoms with E-state index in [-0.39, 0.29) is 5.75 Å². The van der Waals surface area contributed by atoms with Crippen LogP contribution in [0, 0.1) is 0 Å². The van der Waals surface area contributed by atoms with Crippen LogP contribution in [-0.2, 0) is 16.6 Å². The van der Waals surface area contributed by atoms with Crippen molar-refractivity contribution in [2.24, 2.45) is 0 Å². The number of sulfonamides is 1. The van der Waals surface area contributed by atoms with E-state index in [0.29, 0.717) is 19.5 Å². The van der Waals surface area contributed by atoms with Gasteiger partial charge in [-0.3, -0.25) is 4.68 Å². The van der Waals surface area contributed by atoms with E-state index in [1.165, 1.54) is 0 Å². The number of nitrogens with one attached hydrogen (secondary N) is 1. The Balaban J connectivity index is 1.83. The molecular weight excluding hydrogens is 278 g/mol. The van der Waals surface area contributed by atoms with Crippen molar-refractivity contribution in [2.45, 2.75) is 26.3 Å². The molecule has 2 aromatic heterocycles. The Morgan fingerprint density at radius 3 is 2.95 bits per heavy atom. The highest BCUT2D eigenvalue weighted by molar-refractivity contribution is 7.89. The van der Waals surface area contributed by atoms with Gasteiger partial charge in [0.1, 0.15) is 0 Å². The van der Waals surface area contributed by atoms with Gasteiger partial charge >= 0.3 is 0 Å². The zero-order valence-corrected chi connectivity index (χ0v) is 12.3. The van der Waals surface area contributed by atoms with Crippen molar-refractivity contribution in [2.75, 3.05) is 12.3 Å². The van der Waals surface area contributed by atoms with Crippen molar-refractivity contribution in [3.8, 4) is 11.1 Å². The number of rotatable bonds is 8. The first-order valence-corrected chi connectivity index (χ1v) is 8.28. The summed E-state index contributed by atoms with van der Waals surface area (Å²) in [5.41, 5.74) is 1.91. The van der Waals surface area contributed by atoms with E-state index < -0.39 is 10.0 Å². The molecule has 2 rings (SSSR count). The lowest BCUT2D eigenvalue weighted by Crippen LogP contribution is -2.29. The van der Waals surface area contributed by atoms with Gasteiger partial charge in [0.25, 0.3) is 0 Å². The van der Waals surface area contributed by atoms with Crippen LogP contribution in [0.1, 0.15) is 19.8 Å². The average molecular weight is 297 g/mol. The average Bonchev–Trinajstić information content (AvgIpc) is 3.06. The van der Waals surface area contributed by atoms with Crippen LogP contribution < -0.4 is 4.72 Å². The first kappa shape index (κ1) is 14.8. The van der Waals surface area contributed by atoms with E-state index >= 15 is 0 Å². The largest absolute Gasteiger partial charge is 0.472 e. The van der Waals surface area contributed by atoms with Gasteiger partial charge in [0.2, 0.25) is 10.0 Å². The standard InChI is InChI=1S/C13H19N3O3S/c1-2-3-8-20(17,18)15-5-6-16-10-13(9-14-16)12-4-7-19-11-12/h4,7,9-11,15H,2-3,5-6,8H2,1H3. The van der Waals surface area contributed by atoms with Gasteiger partial charge in [-0.2, -0.15) is 5.10 Å². The molecule has 0 spiro atoms. The van der Waals surface area contributed by atoms with Crippen LogP contribution in [0.4, 0.5) is 0 Å². The van der Waals surface area contributed by atoms with Gasteiger partial charge in [0, 0.05) is 23.9 Å². The molecular formula is C13H19N3O3S. The molecule has 110 valence electrons. The predicted octanol–water partition coefficient (Wildman–Crippen LogP) is 1.86. The molecule has 0 saturated carbocycles. The van der Waals surface area contributed by atoms with Gasteiger partial charge in [-0.05, 0) is 12.5 Å². The van der Waals surface area contributed by atoms with E-state index in [9.17, 15) is 8.42 Å². The lowest BCUT2D eigenvalue weighted by Gasteiger charge is -2.05. The van der Waals surface area contributed by atoms with E-state index in [2.05, 4.69) is 9.82 Å². The van der Waals surface area contributed by atoms with Crippen molar-refractivity contribution in [3.63, 3.8) is 0 Å². The Morgan fingerprint density at radius 2 is 2.25 bits per heavy atom. The van der Waals surface area contributed by atoms with E-state index in [0.717, 1.165) is 17.5 Å². The number of unbranched alkanes of at least 4 members (excludes halogenated alkanes) is 1. The molecule has 0 bridgehead atoms. The van der Waals surface area contributed by atoms with Gasteiger partial charge in [0.05, 0.1) is 31.0 Å². The van der Waals surface area contributed by atoms with Gasteiger partial charge in [-0.15, -0.1) is 0 Å². The monoisotopic (exact) mass is 297 g/mol. The summed E-state index contributed by atoms with van der Waals surface area (Å²) in [5.74, 6) is 0.183. The minimum Gasteiger partial charge on any atom is -0.472 e. The molecule has 0 aliphatic heterocycles. The van der Waals surface area contributed by atoms with Crippen molar-refractivity contribution < 1.29 is 12.8 Å². The van der Waals surface area contributed by atoms with Gasteiger partial charge in [-0.1, -0.05) is 13.3 Å². The van der Waals surface area contributed by atoms with Crippen molar-refractivity contribution in [1.29, 1.82) is 0 Å². The zero-order chi connectivity index (χ0) is 14.4.